The highest BCUT2D eigenvalue weighted by molar-refractivity contribution is 5.91. The molecule has 3 heterocycles. The molecule has 1 aromatic carbocycles. The van der Waals surface area contributed by atoms with Crippen LogP contribution in [0.3, 0.4) is 0 Å². The number of pyridine rings is 2. The molecular formula is C25H27F2N5O2. The molecule has 7 nitrogen and oxygen atoms in total. The summed E-state index contributed by atoms with van der Waals surface area (Å²) < 4.78 is 32.6. The first kappa shape index (κ1) is 23.7. The van der Waals surface area contributed by atoms with E-state index in [9.17, 15) is 13.6 Å². The zero-order valence-corrected chi connectivity index (χ0v) is 19.1. The summed E-state index contributed by atoms with van der Waals surface area (Å²) in [6.45, 7) is 4.18. The van der Waals surface area contributed by atoms with E-state index in [0.29, 0.717) is 43.2 Å². The Morgan fingerprint density at radius 3 is 2.74 bits per heavy atom. The van der Waals surface area contributed by atoms with E-state index in [1.165, 1.54) is 6.07 Å². The van der Waals surface area contributed by atoms with Crippen molar-refractivity contribution in [2.75, 3.05) is 38.7 Å². The van der Waals surface area contributed by atoms with Gasteiger partial charge in [0.05, 0.1) is 24.0 Å². The summed E-state index contributed by atoms with van der Waals surface area (Å²) in [5.41, 5.74) is 3.62. The molecule has 0 saturated carbocycles. The van der Waals surface area contributed by atoms with Crippen LogP contribution in [0.5, 0.6) is 0 Å². The van der Waals surface area contributed by atoms with Crippen LogP contribution in [-0.2, 0) is 4.74 Å². The fourth-order valence-electron chi connectivity index (χ4n) is 4.19. The van der Waals surface area contributed by atoms with Crippen molar-refractivity contribution in [1.82, 2.24) is 20.2 Å². The number of nitrogens with zero attached hydrogens (tertiary/aromatic N) is 3. The number of halogens is 2. The van der Waals surface area contributed by atoms with Gasteiger partial charge in [-0.05, 0) is 36.8 Å². The summed E-state index contributed by atoms with van der Waals surface area (Å²) in [5.74, 6) is -1.99. The minimum Gasteiger partial charge on any atom is -0.383 e. The molecule has 1 aliphatic heterocycles. The van der Waals surface area contributed by atoms with E-state index in [-0.39, 0.29) is 18.0 Å². The summed E-state index contributed by atoms with van der Waals surface area (Å²) >= 11 is 0. The lowest BCUT2D eigenvalue weighted by molar-refractivity contribution is 0.159. The number of carbonyl (C=O) groups is 1. The summed E-state index contributed by atoms with van der Waals surface area (Å²) in [6, 6.07) is 8.82. The molecule has 178 valence electrons. The van der Waals surface area contributed by atoms with Crippen LogP contribution in [0.25, 0.3) is 11.1 Å². The van der Waals surface area contributed by atoms with E-state index in [4.69, 9.17) is 4.74 Å². The Hall–Kier alpha value is -3.43. The van der Waals surface area contributed by atoms with Gasteiger partial charge < -0.3 is 15.4 Å². The molecule has 0 bridgehead atoms. The number of likely N-dealkylation sites (tertiary alicyclic amines) is 1. The maximum absolute atomic E-state index is 13.9. The van der Waals surface area contributed by atoms with Crippen molar-refractivity contribution in [3.63, 3.8) is 0 Å². The predicted octanol–water partition coefficient (Wildman–Crippen LogP) is 3.97. The maximum atomic E-state index is 13.9. The first-order valence-electron chi connectivity index (χ1n) is 11.1. The van der Waals surface area contributed by atoms with E-state index >= 15 is 0 Å². The number of carbonyl (C=O) groups excluding carboxylic acids is 1. The second kappa shape index (κ2) is 10.7. The third kappa shape index (κ3) is 5.55. The van der Waals surface area contributed by atoms with Crippen molar-refractivity contribution >= 4 is 11.7 Å². The lowest BCUT2D eigenvalue weighted by Gasteiger charge is -2.21. The monoisotopic (exact) mass is 467 g/mol. The van der Waals surface area contributed by atoms with Crippen molar-refractivity contribution in [1.29, 1.82) is 0 Å². The second-order valence-electron chi connectivity index (χ2n) is 8.34. The predicted molar refractivity (Wildman–Crippen MR) is 126 cm³/mol. The Morgan fingerprint density at radius 2 is 2.00 bits per heavy atom. The first-order chi connectivity index (χ1) is 16.4. The molecule has 2 N–H and O–H groups in total. The topological polar surface area (TPSA) is 79.4 Å². The molecule has 34 heavy (non-hydrogen) atoms. The molecule has 1 saturated heterocycles. The van der Waals surface area contributed by atoms with Gasteiger partial charge in [0, 0.05) is 62.4 Å². The van der Waals surface area contributed by atoms with Crippen molar-refractivity contribution in [2.45, 2.75) is 18.9 Å². The van der Waals surface area contributed by atoms with Gasteiger partial charge in [0.15, 0.2) is 11.6 Å². The molecule has 2 aromatic heterocycles. The van der Waals surface area contributed by atoms with Gasteiger partial charge in [-0.1, -0.05) is 12.1 Å². The zero-order chi connectivity index (χ0) is 24.1. The molecule has 0 radical (unpaired) electrons. The Labute approximate surface area is 197 Å². The normalized spacial score (nSPS) is 18.1. The average molecular weight is 468 g/mol. The lowest BCUT2D eigenvalue weighted by Crippen LogP contribution is -2.42. The standard InChI is InChI=1S/C25H27F2N5O2/c1-16-23(11-19(13-29-16)18-4-3-7-28-12-18)30-25(33)31-24-15-32(8-9-34-2)14-20(24)17-5-6-21(26)22(27)10-17/h3-7,10-13,20,24H,8-9,14-15H2,1-2H3,(H2,30,31,33). The van der Waals surface area contributed by atoms with Gasteiger partial charge in [-0.25, -0.2) is 13.6 Å². The number of benzene rings is 1. The molecule has 1 fully saturated rings. The van der Waals surface area contributed by atoms with Crippen LogP contribution in [0.1, 0.15) is 17.2 Å². The number of amides is 2. The van der Waals surface area contributed by atoms with E-state index in [1.807, 2.05) is 25.1 Å². The second-order valence-corrected chi connectivity index (χ2v) is 8.34. The van der Waals surface area contributed by atoms with Crippen molar-refractivity contribution in [3.05, 3.63) is 77.9 Å². The van der Waals surface area contributed by atoms with E-state index in [2.05, 4.69) is 25.5 Å². The number of nitrogens with one attached hydrogen (secondary N) is 2. The molecule has 1 aliphatic rings. The number of hydrogen-bond acceptors (Lipinski definition) is 5. The largest absolute Gasteiger partial charge is 0.383 e. The number of aromatic nitrogens is 2. The van der Waals surface area contributed by atoms with Crippen molar-refractivity contribution in [3.8, 4) is 11.1 Å². The van der Waals surface area contributed by atoms with Gasteiger partial charge in [0.25, 0.3) is 0 Å². The van der Waals surface area contributed by atoms with Crippen LogP contribution < -0.4 is 10.6 Å². The van der Waals surface area contributed by atoms with Gasteiger partial charge in [-0.2, -0.15) is 0 Å². The molecule has 2 amide bonds. The maximum Gasteiger partial charge on any atom is 0.319 e. The first-order valence-corrected chi connectivity index (χ1v) is 11.1. The molecule has 3 aromatic rings. The highest BCUT2D eigenvalue weighted by Crippen LogP contribution is 2.29. The fraction of sp³-hybridized carbons (Fsp3) is 0.320. The summed E-state index contributed by atoms with van der Waals surface area (Å²) in [6.07, 6.45) is 5.16. The third-order valence-corrected chi connectivity index (χ3v) is 6.03. The van der Waals surface area contributed by atoms with Crippen LogP contribution in [0.2, 0.25) is 0 Å². The SMILES string of the molecule is COCCN1CC(NC(=O)Nc2cc(-c3cccnc3)cnc2C)C(c2ccc(F)c(F)c2)C1. The summed E-state index contributed by atoms with van der Waals surface area (Å²) in [7, 11) is 1.63. The highest BCUT2D eigenvalue weighted by Gasteiger charge is 2.35. The Balaban J connectivity index is 1.50. The average Bonchev–Trinajstić information content (AvgIpc) is 3.23. The fourth-order valence-corrected chi connectivity index (χ4v) is 4.19. The van der Waals surface area contributed by atoms with Gasteiger partial charge >= 0.3 is 6.03 Å². The molecule has 2 atom stereocenters. The van der Waals surface area contributed by atoms with Crippen LogP contribution in [0.15, 0.2) is 55.0 Å². The van der Waals surface area contributed by atoms with E-state index in [1.54, 1.807) is 31.8 Å². The van der Waals surface area contributed by atoms with Crippen LogP contribution in [0.4, 0.5) is 19.3 Å². The molecule has 2 unspecified atom stereocenters. The number of ether oxygens (including phenoxy) is 1. The third-order valence-electron chi connectivity index (χ3n) is 6.03. The quantitative estimate of drug-likeness (QED) is 0.550. The number of urea groups is 1. The highest BCUT2D eigenvalue weighted by atomic mass is 19.2. The van der Waals surface area contributed by atoms with E-state index in [0.717, 1.165) is 17.2 Å². The molecule has 0 spiro atoms. The minimum atomic E-state index is -0.898. The molecular weight excluding hydrogens is 440 g/mol. The zero-order valence-electron chi connectivity index (χ0n) is 19.1. The smallest absolute Gasteiger partial charge is 0.319 e. The number of rotatable bonds is 7. The molecule has 4 rings (SSSR count). The van der Waals surface area contributed by atoms with Gasteiger partial charge in [-0.15, -0.1) is 0 Å². The number of anilines is 1. The summed E-state index contributed by atoms with van der Waals surface area (Å²) in [5, 5.41) is 5.90. The van der Waals surface area contributed by atoms with Crippen LogP contribution in [-0.4, -0.2) is 60.3 Å². The van der Waals surface area contributed by atoms with Crippen LogP contribution >= 0.6 is 0 Å². The van der Waals surface area contributed by atoms with Gasteiger partial charge in [-0.3, -0.25) is 14.9 Å². The molecule has 9 heteroatoms. The van der Waals surface area contributed by atoms with Crippen molar-refractivity contribution in [2.24, 2.45) is 0 Å². The Bertz CT molecular complexity index is 1150. The number of hydrogen-bond donors (Lipinski definition) is 2. The van der Waals surface area contributed by atoms with Gasteiger partial charge in [0.1, 0.15) is 0 Å². The van der Waals surface area contributed by atoms with Crippen LogP contribution in [0, 0.1) is 18.6 Å². The van der Waals surface area contributed by atoms with Crippen molar-refractivity contribution < 1.29 is 18.3 Å². The number of aryl methyl sites for hydroxylation is 1. The summed E-state index contributed by atoms with van der Waals surface area (Å²) in [4.78, 5) is 23.6. The Kier molecular flexibility index (Phi) is 7.44. The van der Waals surface area contributed by atoms with E-state index < -0.39 is 11.6 Å². The Morgan fingerprint density at radius 1 is 1.15 bits per heavy atom. The molecule has 0 aliphatic carbocycles. The number of methoxy groups -OCH3 is 1. The minimum absolute atomic E-state index is 0.196. The lowest BCUT2D eigenvalue weighted by atomic mass is 9.94. The van der Waals surface area contributed by atoms with Gasteiger partial charge in [0.2, 0.25) is 0 Å².